The van der Waals surface area contributed by atoms with Crippen LogP contribution in [-0.2, 0) is 0 Å². The lowest BCUT2D eigenvalue weighted by molar-refractivity contribution is 0.748. The van der Waals surface area contributed by atoms with E-state index in [1.807, 2.05) is 16.8 Å². The summed E-state index contributed by atoms with van der Waals surface area (Å²) in [6, 6.07) is 1.89. The van der Waals surface area contributed by atoms with Crippen LogP contribution in [0.2, 0.25) is 0 Å². The van der Waals surface area contributed by atoms with Gasteiger partial charge in [0, 0.05) is 15.9 Å². The van der Waals surface area contributed by atoms with E-state index in [0.717, 1.165) is 10.0 Å². The largest absolute Gasteiger partial charge is 0.323 e. The third-order valence-corrected chi connectivity index (χ3v) is 3.10. The average Bonchev–Trinajstić information content (AvgIpc) is 2.36. The highest BCUT2D eigenvalue weighted by Crippen LogP contribution is 2.27. The van der Waals surface area contributed by atoms with Crippen molar-refractivity contribution in [2.24, 2.45) is 5.73 Å². The molecule has 11 heavy (non-hydrogen) atoms. The van der Waals surface area contributed by atoms with Gasteiger partial charge < -0.3 is 5.73 Å². The lowest BCUT2D eigenvalue weighted by Crippen LogP contribution is -2.08. The lowest BCUT2D eigenvalue weighted by Gasteiger charge is -2.04. The summed E-state index contributed by atoms with van der Waals surface area (Å²) in [5, 5.41) is 12.3. The van der Waals surface area contributed by atoms with Crippen LogP contribution >= 0.6 is 27.3 Å². The molecule has 1 aromatic rings. The molecule has 0 spiro atoms. The van der Waals surface area contributed by atoms with Crippen LogP contribution < -0.4 is 5.73 Å². The molecule has 1 heterocycles. The Labute approximate surface area is 77.8 Å². The zero-order valence-corrected chi connectivity index (χ0v) is 8.15. The molecular formula is C7H7BrN2S. The van der Waals surface area contributed by atoms with Gasteiger partial charge in [0.15, 0.2) is 0 Å². The van der Waals surface area contributed by atoms with Crippen molar-refractivity contribution < 1.29 is 0 Å². The first-order valence-electron chi connectivity index (χ1n) is 3.10. The van der Waals surface area contributed by atoms with E-state index in [1.54, 1.807) is 11.3 Å². The van der Waals surface area contributed by atoms with Crippen molar-refractivity contribution in [1.29, 1.82) is 5.26 Å². The lowest BCUT2D eigenvalue weighted by atomic mass is 10.1. The molecule has 4 heteroatoms. The van der Waals surface area contributed by atoms with Gasteiger partial charge in [-0.25, -0.2) is 0 Å². The summed E-state index contributed by atoms with van der Waals surface area (Å²) in [6.07, 6.45) is 0.370. The molecule has 1 atom stereocenters. The monoisotopic (exact) mass is 230 g/mol. The first-order valence-corrected chi connectivity index (χ1v) is 4.83. The molecule has 1 aromatic heterocycles. The molecule has 0 aliphatic heterocycles. The first-order chi connectivity index (χ1) is 5.25. The second kappa shape index (κ2) is 3.86. The van der Waals surface area contributed by atoms with Crippen LogP contribution in [0.25, 0.3) is 0 Å². The quantitative estimate of drug-likeness (QED) is 0.849. The van der Waals surface area contributed by atoms with E-state index in [4.69, 9.17) is 11.0 Å². The summed E-state index contributed by atoms with van der Waals surface area (Å²) in [5.74, 6) is 0. The zero-order valence-electron chi connectivity index (χ0n) is 5.75. The van der Waals surface area contributed by atoms with E-state index in [1.165, 1.54) is 0 Å². The van der Waals surface area contributed by atoms with Crippen LogP contribution in [0.15, 0.2) is 15.2 Å². The molecule has 0 aliphatic carbocycles. The topological polar surface area (TPSA) is 49.8 Å². The molecule has 0 bridgehead atoms. The highest BCUT2D eigenvalue weighted by molar-refractivity contribution is 9.10. The third kappa shape index (κ3) is 2.03. The van der Waals surface area contributed by atoms with Crippen molar-refractivity contribution >= 4 is 27.3 Å². The number of thiophene rings is 1. The van der Waals surface area contributed by atoms with Gasteiger partial charge in [-0.1, -0.05) is 0 Å². The average molecular weight is 231 g/mol. The molecule has 0 amide bonds. The summed E-state index contributed by atoms with van der Waals surface area (Å²) < 4.78 is 1.00. The van der Waals surface area contributed by atoms with Crippen molar-refractivity contribution in [1.82, 2.24) is 0 Å². The Balaban J connectivity index is 2.77. The van der Waals surface area contributed by atoms with Crippen molar-refractivity contribution in [2.45, 2.75) is 12.5 Å². The smallest absolute Gasteiger partial charge is 0.0641 e. The van der Waals surface area contributed by atoms with Crippen molar-refractivity contribution in [2.75, 3.05) is 0 Å². The Morgan fingerprint density at radius 1 is 1.73 bits per heavy atom. The van der Waals surface area contributed by atoms with Gasteiger partial charge in [0.25, 0.3) is 0 Å². The highest BCUT2D eigenvalue weighted by atomic mass is 79.9. The van der Waals surface area contributed by atoms with Crippen LogP contribution in [0.4, 0.5) is 0 Å². The van der Waals surface area contributed by atoms with Crippen LogP contribution in [0, 0.1) is 11.3 Å². The summed E-state index contributed by atoms with van der Waals surface area (Å²) in [7, 11) is 0. The van der Waals surface area contributed by atoms with E-state index in [-0.39, 0.29) is 6.04 Å². The molecule has 1 rings (SSSR count). The second-order valence-electron chi connectivity index (χ2n) is 2.14. The number of rotatable bonds is 2. The van der Waals surface area contributed by atoms with E-state index in [2.05, 4.69) is 15.9 Å². The fourth-order valence-corrected chi connectivity index (χ4v) is 2.42. The molecule has 0 aliphatic rings. The molecular weight excluding hydrogens is 224 g/mol. The number of hydrogen-bond acceptors (Lipinski definition) is 3. The molecule has 0 saturated carbocycles. The maximum absolute atomic E-state index is 8.38. The molecule has 0 saturated heterocycles. The number of nitriles is 1. The van der Waals surface area contributed by atoms with Gasteiger partial charge in [0.1, 0.15) is 0 Å². The Hall–Kier alpha value is -0.370. The Morgan fingerprint density at radius 3 is 2.91 bits per heavy atom. The van der Waals surface area contributed by atoms with Gasteiger partial charge >= 0.3 is 0 Å². The minimum absolute atomic E-state index is 0.152. The van der Waals surface area contributed by atoms with Crippen LogP contribution in [-0.4, -0.2) is 0 Å². The minimum atomic E-state index is -0.152. The molecule has 2 nitrogen and oxygen atoms in total. The summed E-state index contributed by atoms with van der Waals surface area (Å²) in [5.41, 5.74) is 6.73. The van der Waals surface area contributed by atoms with E-state index < -0.39 is 0 Å². The van der Waals surface area contributed by atoms with Gasteiger partial charge in [-0.05, 0) is 26.9 Å². The summed E-state index contributed by atoms with van der Waals surface area (Å²) in [4.78, 5) is 0. The Morgan fingerprint density at radius 2 is 2.45 bits per heavy atom. The molecule has 58 valence electrons. The highest BCUT2D eigenvalue weighted by Gasteiger charge is 2.09. The SMILES string of the molecule is N#CCC(N)c1cscc1Br. The summed E-state index contributed by atoms with van der Waals surface area (Å²) in [6.45, 7) is 0. The van der Waals surface area contributed by atoms with Gasteiger partial charge in [-0.2, -0.15) is 16.6 Å². The van der Waals surface area contributed by atoms with Gasteiger partial charge in [-0.15, -0.1) is 0 Å². The van der Waals surface area contributed by atoms with Crippen LogP contribution in [0.1, 0.15) is 18.0 Å². The second-order valence-corrected chi connectivity index (χ2v) is 3.74. The number of nitrogens with two attached hydrogens (primary N) is 1. The molecule has 2 N–H and O–H groups in total. The van der Waals surface area contributed by atoms with Crippen molar-refractivity contribution in [3.05, 3.63) is 20.8 Å². The van der Waals surface area contributed by atoms with E-state index in [0.29, 0.717) is 6.42 Å². The van der Waals surface area contributed by atoms with Gasteiger partial charge in [0.2, 0.25) is 0 Å². The standard InChI is InChI=1S/C7H7BrN2S/c8-6-4-11-3-5(6)7(10)1-2-9/h3-4,7H,1,10H2. The number of halogens is 1. The third-order valence-electron chi connectivity index (χ3n) is 1.35. The number of hydrogen-bond donors (Lipinski definition) is 1. The molecule has 0 radical (unpaired) electrons. The maximum atomic E-state index is 8.38. The first kappa shape index (κ1) is 8.72. The molecule has 1 unspecified atom stereocenters. The number of nitrogens with zero attached hydrogens (tertiary/aromatic N) is 1. The Bertz CT molecular complexity index is 276. The fourth-order valence-electron chi connectivity index (χ4n) is 0.764. The van der Waals surface area contributed by atoms with Crippen molar-refractivity contribution in [3.63, 3.8) is 0 Å². The predicted molar refractivity (Wildman–Crippen MR) is 49.2 cm³/mol. The van der Waals surface area contributed by atoms with Gasteiger partial charge in [-0.3, -0.25) is 0 Å². The summed E-state index contributed by atoms with van der Waals surface area (Å²) >= 11 is 4.94. The van der Waals surface area contributed by atoms with E-state index >= 15 is 0 Å². The molecule has 0 aromatic carbocycles. The Kier molecular flexibility index (Phi) is 3.06. The fraction of sp³-hybridized carbons (Fsp3) is 0.286. The van der Waals surface area contributed by atoms with Crippen LogP contribution in [0.5, 0.6) is 0 Å². The molecule has 0 fully saturated rings. The maximum Gasteiger partial charge on any atom is 0.0641 e. The predicted octanol–water partition coefficient (Wildman–Crippen LogP) is 2.42. The zero-order chi connectivity index (χ0) is 8.27. The van der Waals surface area contributed by atoms with Gasteiger partial charge in [0.05, 0.1) is 12.5 Å². The van der Waals surface area contributed by atoms with Crippen LogP contribution in [0.3, 0.4) is 0 Å². The minimum Gasteiger partial charge on any atom is -0.323 e. The normalized spacial score (nSPS) is 12.5. The van der Waals surface area contributed by atoms with Crippen molar-refractivity contribution in [3.8, 4) is 6.07 Å². The van der Waals surface area contributed by atoms with E-state index in [9.17, 15) is 0 Å².